The molecule has 8 heteroatoms. The molecule has 0 amide bonds. The van der Waals surface area contributed by atoms with E-state index in [0.29, 0.717) is 36.5 Å². The van der Waals surface area contributed by atoms with Gasteiger partial charge in [-0.25, -0.2) is 9.98 Å². The van der Waals surface area contributed by atoms with Crippen LogP contribution in [0.1, 0.15) is 37.7 Å². The second kappa shape index (κ2) is 9.77. The van der Waals surface area contributed by atoms with Gasteiger partial charge in [0.2, 0.25) is 5.82 Å². The zero-order valence-electron chi connectivity index (χ0n) is 17.3. The highest BCUT2D eigenvalue weighted by molar-refractivity contribution is 5.79. The first kappa shape index (κ1) is 20.4. The quantitative estimate of drug-likeness (QED) is 0.398. The van der Waals surface area contributed by atoms with E-state index in [1.807, 2.05) is 32.9 Å². The minimum atomic E-state index is 0.112. The van der Waals surface area contributed by atoms with E-state index in [9.17, 15) is 0 Å². The molecule has 2 heterocycles. The second-order valence-electron chi connectivity index (χ2n) is 6.91. The van der Waals surface area contributed by atoms with Gasteiger partial charge in [0.05, 0.1) is 25.5 Å². The number of guanidine groups is 1. The lowest BCUT2D eigenvalue weighted by Gasteiger charge is -2.15. The van der Waals surface area contributed by atoms with Crippen LogP contribution in [0, 0.1) is 6.92 Å². The van der Waals surface area contributed by atoms with Gasteiger partial charge in [0.25, 0.3) is 0 Å². The Kier molecular flexibility index (Phi) is 6.89. The molecular weight excluding hydrogens is 368 g/mol. The summed E-state index contributed by atoms with van der Waals surface area (Å²) in [6.45, 7) is 9.85. The molecule has 0 spiro atoms. The van der Waals surface area contributed by atoms with Crippen LogP contribution in [0.4, 0.5) is 0 Å². The van der Waals surface area contributed by atoms with E-state index in [0.717, 1.165) is 23.4 Å². The molecule has 0 aliphatic carbocycles. The lowest BCUT2D eigenvalue weighted by Crippen LogP contribution is -2.37. The van der Waals surface area contributed by atoms with Gasteiger partial charge in [-0.1, -0.05) is 12.1 Å². The number of ether oxygens (including phenoxy) is 1. The average molecular weight is 396 g/mol. The Hall–Kier alpha value is -3.29. The number of hydrogen-bond acceptors (Lipinski definition) is 5. The van der Waals surface area contributed by atoms with Crippen molar-refractivity contribution in [3.05, 3.63) is 53.5 Å². The first-order valence-corrected chi connectivity index (χ1v) is 9.78. The number of aliphatic imine (C=N–C) groups is 1. The molecule has 1 aromatic carbocycles. The first-order valence-electron chi connectivity index (χ1n) is 9.78. The van der Waals surface area contributed by atoms with Gasteiger partial charge in [0.15, 0.2) is 11.7 Å². The number of nitrogens with one attached hydrogen (secondary N) is 3. The Morgan fingerprint density at radius 2 is 2.14 bits per heavy atom. The first-order chi connectivity index (χ1) is 14.0. The number of aromatic amines is 1. The van der Waals surface area contributed by atoms with Crippen LogP contribution in [0.3, 0.4) is 0 Å². The number of aryl methyl sites for hydroxylation is 1. The number of H-pyrrole nitrogens is 1. The highest BCUT2D eigenvalue weighted by Gasteiger charge is 2.10. The van der Waals surface area contributed by atoms with Gasteiger partial charge in [-0.05, 0) is 51.5 Å². The highest BCUT2D eigenvalue weighted by Crippen LogP contribution is 2.22. The maximum absolute atomic E-state index is 5.94. The number of furan rings is 1. The summed E-state index contributed by atoms with van der Waals surface area (Å²) in [6, 6.07) is 9.82. The van der Waals surface area contributed by atoms with E-state index in [1.54, 1.807) is 6.26 Å². The summed E-state index contributed by atoms with van der Waals surface area (Å²) in [6.07, 6.45) is 1.71. The third-order valence-electron chi connectivity index (χ3n) is 4.03. The SMILES string of the molecule is CCNC(=NCc1ccc(C)cc1OC(C)C)NCc1nc(-c2ccco2)n[nH]1. The molecule has 8 nitrogen and oxygen atoms in total. The van der Waals surface area contributed by atoms with Crippen molar-refractivity contribution >= 4 is 5.96 Å². The van der Waals surface area contributed by atoms with Gasteiger partial charge in [-0.2, -0.15) is 0 Å². The lowest BCUT2D eigenvalue weighted by molar-refractivity contribution is 0.240. The average Bonchev–Trinajstić information content (AvgIpc) is 3.36. The molecule has 154 valence electrons. The number of aromatic nitrogens is 3. The van der Waals surface area contributed by atoms with Gasteiger partial charge in [0.1, 0.15) is 11.6 Å². The minimum absolute atomic E-state index is 0.112. The van der Waals surface area contributed by atoms with E-state index in [1.165, 1.54) is 0 Å². The molecular formula is C21H28N6O2. The molecule has 3 N–H and O–H groups in total. The van der Waals surface area contributed by atoms with Gasteiger partial charge in [-0.15, -0.1) is 5.10 Å². The molecule has 0 atom stereocenters. The summed E-state index contributed by atoms with van der Waals surface area (Å²) in [4.78, 5) is 9.12. The molecule has 0 saturated carbocycles. The predicted molar refractivity (Wildman–Crippen MR) is 113 cm³/mol. The van der Waals surface area contributed by atoms with Crippen LogP contribution >= 0.6 is 0 Å². The molecule has 0 aliphatic heterocycles. The van der Waals surface area contributed by atoms with Crippen molar-refractivity contribution in [2.75, 3.05) is 6.54 Å². The van der Waals surface area contributed by atoms with E-state index in [2.05, 4.69) is 55.9 Å². The maximum atomic E-state index is 5.94. The Morgan fingerprint density at radius 1 is 1.28 bits per heavy atom. The summed E-state index contributed by atoms with van der Waals surface area (Å²) in [5.74, 6) is 3.42. The number of benzene rings is 1. The van der Waals surface area contributed by atoms with Crippen LogP contribution in [-0.2, 0) is 13.1 Å². The Morgan fingerprint density at radius 3 is 2.86 bits per heavy atom. The maximum Gasteiger partial charge on any atom is 0.216 e. The van der Waals surface area contributed by atoms with Crippen LogP contribution < -0.4 is 15.4 Å². The minimum Gasteiger partial charge on any atom is -0.491 e. The fourth-order valence-corrected chi connectivity index (χ4v) is 2.72. The molecule has 0 saturated heterocycles. The molecule has 0 unspecified atom stereocenters. The van der Waals surface area contributed by atoms with Gasteiger partial charge in [-0.3, -0.25) is 5.10 Å². The summed E-state index contributed by atoms with van der Waals surface area (Å²) < 4.78 is 11.3. The van der Waals surface area contributed by atoms with E-state index < -0.39 is 0 Å². The van der Waals surface area contributed by atoms with Crippen molar-refractivity contribution in [1.29, 1.82) is 0 Å². The van der Waals surface area contributed by atoms with E-state index in [-0.39, 0.29) is 6.10 Å². The van der Waals surface area contributed by atoms with Gasteiger partial charge < -0.3 is 19.8 Å². The molecule has 3 aromatic rings. The molecule has 2 aromatic heterocycles. The zero-order valence-corrected chi connectivity index (χ0v) is 17.3. The lowest BCUT2D eigenvalue weighted by atomic mass is 10.1. The van der Waals surface area contributed by atoms with Crippen molar-refractivity contribution in [3.63, 3.8) is 0 Å². The second-order valence-corrected chi connectivity index (χ2v) is 6.91. The van der Waals surface area contributed by atoms with Crippen LogP contribution in [0.5, 0.6) is 5.75 Å². The third-order valence-corrected chi connectivity index (χ3v) is 4.03. The summed E-state index contributed by atoms with van der Waals surface area (Å²) in [5.41, 5.74) is 2.21. The third kappa shape index (κ3) is 5.84. The summed E-state index contributed by atoms with van der Waals surface area (Å²) >= 11 is 0. The van der Waals surface area contributed by atoms with E-state index in [4.69, 9.17) is 9.15 Å². The predicted octanol–water partition coefficient (Wildman–Crippen LogP) is 3.42. The molecule has 0 bridgehead atoms. The molecule has 0 fully saturated rings. The van der Waals surface area contributed by atoms with Crippen molar-refractivity contribution in [3.8, 4) is 17.3 Å². The van der Waals surface area contributed by atoms with Crippen LogP contribution in [-0.4, -0.2) is 33.8 Å². The molecule has 3 rings (SSSR count). The topological polar surface area (TPSA) is 100 Å². The summed E-state index contributed by atoms with van der Waals surface area (Å²) in [5, 5.41) is 13.6. The van der Waals surface area contributed by atoms with Crippen molar-refractivity contribution in [2.45, 2.75) is 46.9 Å². The fourth-order valence-electron chi connectivity index (χ4n) is 2.72. The fraction of sp³-hybridized carbons (Fsp3) is 0.381. The van der Waals surface area contributed by atoms with Gasteiger partial charge in [0, 0.05) is 12.1 Å². The van der Waals surface area contributed by atoms with Crippen molar-refractivity contribution < 1.29 is 9.15 Å². The zero-order chi connectivity index (χ0) is 20.6. The number of hydrogen-bond donors (Lipinski definition) is 3. The van der Waals surface area contributed by atoms with Crippen molar-refractivity contribution in [1.82, 2.24) is 25.8 Å². The number of rotatable bonds is 8. The van der Waals surface area contributed by atoms with Crippen LogP contribution in [0.2, 0.25) is 0 Å². The standard InChI is InChI=1S/C21H28N6O2/c1-5-22-21(23-12-16-9-8-15(4)11-18(16)29-14(2)3)24-13-19-25-20(27-26-19)17-7-6-10-28-17/h6-11,14H,5,12-13H2,1-4H3,(H2,22,23,24)(H,25,26,27). The number of nitrogens with zero attached hydrogens (tertiary/aromatic N) is 3. The smallest absolute Gasteiger partial charge is 0.216 e. The Labute approximate surface area is 170 Å². The van der Waals surface area contributed by atoms with Crippen molar-refractivity contribution in [2.24, 2.45) is 4.99 Å². The normalized spacial score (nSPS) is 11.7. The monoisotopic (exact) mass is 396 g/mol. The van der Waals surface area contributed by atoms with Gasteiger partial charge >= 0.3 is 0 Å². The molecule has 29 heavy (non-hydrogen) atoms. The molecule has 0 aliphatic rings. The molecule has 0 radical (unpaired) electrons. The van der Waals surface area contributed by atoms with Crippen LogP contribution in [0.15, 0.2) is 46.0 Å². The highest BCUT2D eigenvalue weighted by atomic mass is 16.5. The summed E-state index contributed by atoms with van der Waals surface area (Å²) in [7, 11) is 0. The Bertz CT molecular complexity index is 931. The Balaban J connectivity index is 1.66. The van der Waals surface area contributed by atoms with Crippen LogP contribution in [0.25, 0.3) is 11.6 Å². The largest absolute Gasteiger partial charge is 0.491 e. The van der Waals surface area contributed by atoms with E-state index >= 15 is 0 Å².